The largest absolute Gasteiger partial charge is 0.477 e. The molecule has 2 aromatic rings. The average Bonchev–Trinajstić information content (AvgIpc) is 2.87. The molecule has 0 saturated heterocycles. The lowest BCUT2D eigenvalue weighted by molar-refractivity contribution is 0.0605. The van der Waals surface area contributed by atoms with Crippen LogP contribution in [0.5, 0.6) is 0 Å². The second kappa shape index (κ2) is 4.97. The van der Waals surface area contributed by atoms with Gasteiger partial charge in [-0.15, -0.1) is 11.3 Å². The first-order chi connectivity index (χ1) is 8.61. The predicted molar refractivity (Wildman–Crippen MR) is 65.8 cm³/mol. The van der Waals surface area contributed by atoms with Crippen molar-refractivity contribution in [1.29, 1.82) is 0 Å². The minimum absolute atomic E-state index is 0.0119. The molecule has 0 spiro atoms. The standard InChI is InChI=1S/C12H9NO4S/c1-17-12(16)10-4-8(6-18-10)7-2-3-9(11(14)15)13-5-7/h2-6H,1H3,(H,14,15). The van der Waals surface area contributed by atoms with Gasteiger partial charge in [-0.1, -0.05) is 6.07 Å². The van der Waals surface area contributed by atoms with Crippen LogP contribution in [-0.4, -0.2) is 29.1 Å². The van der Waals surface area contributed by atoms with Gasteiger partial charge in [-0.2, -0.15) is 0 Å². The van der Waals surface area contributed by atoms with Crippen LogP contribution in [0.1, 0.15) is 20.2 Å². The number of aromatic carboxylic acids is 1. The molecule has 2 aromatic heterocycles. The molecule has 5 nitrogen and oxygen atoms in total. The molecule has 0 radical (unpaired) electrons. The number of pyridine rings is 1. The Kier molecular flexibility index (Phi) is 3.38. The van der Waals surface area contributed by atoms with Crippen LogP contribution in [0.2, 0.25) is 0 Å². The van der Waals surface area contributed by atoms with E-state index in [2.05, 4.69) is 9.72 Å². The van der Waals surface area contributed by atoms with E-state index < -0.39 is 5.97 Å². The van der Waals surface area contributed by atoms with Crippen molar-refractivity contribution in [1.82, 2.24) is 4.98 Å². The van der Waals surface area contributed by atoms with E-state index in [-0.39, 0.29) is 11.7 Å². The monoisotopic (exact) mass is 263 g/mol. The fourth-order valence-corrected chi connectivity index (χ4v) is 2.22. The molecule has 0 amide bonds. The van der Waals surface area contributed by atoms with Crippen LogP contribution in [0.15, 0.2) is 29.8 Å². The van der Waals surface area contributed by atoms with Crippen molar-refractivity contribution in [3.05, 3.63) is 40.3 Å². The zero-order chi connectivity index (χ0) is 13.1. The number of esters is 1. The highest BCUT2D eigenvalue weighted by molar-refractivity contribution is 7.12. The minimum Gasteiger partial charge on any atom is -0.477 e. The summed E-state index contributed by atoms with van der Waals surface area (Å²) in [4.78, 5) is 26.3. The fraction of sp³-hybridized carbons (Fsp3) is 0.0833. The van der Waals surface area contributed by atoms with Crippen LogP contribution in [0, 0.1) is 0 Å². The summed E-state index contributed by atoms with van der Waals surface area (Å²) in [7, 11) is 1.32. The fourth-order valence-electron chi connectivity index (χ4n) is 1.39. The van der Waals surface area contributed by atoms with Gasteiger partial charge >= 0.3 is 11.9 Å². The van der Waals surface area contributed by atoms with Crippen molar-refractivity contribution in [2.45, 2.75) is 0 Å². The molecule has 0 aliphatic rings. The van der Waals surface area contributed by atoms with Gasteiger partial charge in [0, 0.05) is 11.8 Å². The summed E-state index contributed by atoms with van der Waals surface area (Å²) in [5.41, 5.74) is 1.55. The summed E-state index contributed by atoms with van der Waals surface area (Å²) in [5.74, 6) is -1.46. The first-order valence-corrected chi connectivity index (χ1v) is 5.86. The number of thiophene rings is 1. The predicted octanol–water partition coefficient (Wildman–Crippen LogP) is 2.29. The Labute approximate surface area is 107 Å². The van der Waals surface area contributed by atoms with E-state index >= 15 is 0 Å². The van der Waals surface area contributed by atoms with E-state index in [1.54, 1.807) is 17.5 Å². The van der Waals surface area contributed by atoms with Crippen molar-refractivity contribution in [3.63, 3.8) is 0 Å². The molecule has 1 N–H and O–H groups in total. The third-order valence-corrected chi connectivity index (χ3v) is 3.21. The SMILES string of the molecule is COC(=O)c1cc(-c2ccc(C(=O)O)nc2)cs1. The van der Waals surface area contributed by atoms with Gasteiger partial charge in [-0.25, -0.2) is 14.6 Å². The lowest BCUT2D eigenvalue weighted by Gasteiger charge is -1.97. The first kappa shape index (κ1) is 12.3. The Morgan fingerprint density at radius 1 is 1.33 bits per heavy atom. The van der Waals surface area contributed by atoms with Gasteiger partial charge in [0.05, 0.1) is 7.11 Å². The molecule has 0 aliphatic heterocycles. The zero-order valence-electron chi connectivity index (χ0n) is 9.41. The molecular weight excluding hydrogens is 254 g/mol. The Hall–Kier alpha value is -2.21. The van der Waals surface area contributed by atoms with Gasteiger partial charge in [0.15, 0.2) is 0 Å². The summed E-state index contributed by atoms with van der Waals surface area (Å²) in [6.07, 6.45) is 1.46. The van der Waals surface area contributed by atoms with E-state index in [9.17, 15) is 9.59 Å². The highest BCUT2D eigenvalue weighted by Gasteiger charge is 2.11. The summed E-state index contributed by atoms with van der Waals surface area (Å²) in [6.45, 7) is 0. The minimum atomic E-state index is -1.07. The number of ether oxygens (including phenoxy) is 1. The van der Waals surface area contributed by atoms with Gasteiger partial charge in [-0.05, 0) is 23.1 Å². The maximum atomic E-state index is 11.3. The number of aromatic nitrogens is 1. The van der Waals surface area contributed by atoms with Gasteiger partial charge in [-0.3, -0.25) is 0 Å². The lowest BCUT2D eigenvalue weighted by Crippen LogP contribution is -1.99. The molecule has 0 atom stereocenters. The highest BCUT2D eigenvalue weighted by Crippen LogP contribution is 2.25. The molecule has 0 saturated carbocycles. The zero-order valence-corrected chi connectivity index (χ0v) is 10.2. The number of nitrogens with zero attached hydrogens (tertiary/aromatic N) is 1. The third-order valence-electron chi connectivity index (χ3n) is 2.30. The molecule has 0 unspecified atom stereocenters. The van der Waals surface area contributed by atoms with Crippen LogP contribution in [0.25, 0.3) is 11.1 Å². The Balaban J connectivity index is 2.29. The normalized spacial score (nSPS) is 10.1. The second-order valence-electron chi connectivity index (χ2n) is 3.43. The van der Waals surface area contributed by atoms with Crippen molar-refractivity contribution < 1.29 is 19.4 Å². The van der Waals surface area contributed by atoms with E-state index in [1.807, 2.05) is 0 Å². The molecule has 0 aromatic carbocycles. The molecule has 18 heavy (non-hydrogen) atoms. The van der Waals surface area contributed by atoms with Crippen molar-refractivity contribution >= 4 is 23.3 Å². The molecule has 0 bridgehead atoms. The second-order valence-corrected chi connectivity index (χ2v) is 4.34. The van der Waals surface area contributed by atoms with E-state index in [0.29, 0.717) is 4.88 Å². The first-order valence-electron chi connectivity index (χ1n) is 4.98. The van der Waals surface area contributed by atoms with E-state index in [0.717, 1.165) is 11.1 Å². The average molecular weight is 263 g/mol. The smallest absolute Gasteiger partial charge is 0.354 e. The topological polar surface area (TPSA) is 76.5 Å². The van der Waals surface area contributed by atoms with Gasteiger partial charge < -0.3 is 9.84 Å². The maximum absolute atomic E-state index is 11.3. The highest BCUT2D eigenvalue weighted by atomic mass is 32.1. The molecule has 0 aliphatic carbocycles. The molecule has 2 rings (SSSR count). The number of carboxylic acid groups (broad SMARTS) is 1. The molecule has 0 fully saturated rings. The van der Waals surface area contributed by atoms with E-state index in [4.69, 9.17) is 5.11 Å². The van der Waals surface area contributed by atoms with Crippen LogP contribution in [0.3, 0.4) is 0 Å². The van der Waals surface area contributed by atoms with Crippen LogP contribution in [-0.2, 0) is 4.74 Å². The van der Waals surface area contributed by atoms with Crippen LogP contribution < -0.4 is 0 Å². The van der Waals surface area contributed by atoms with Crippen molar-refractivity contribution in [2.75, 3.05) is 7.11 Å². The Morgan fingerprint density at radius 3 is 2.67 bits per heavy atom. The molecule has 92 valence electrons. The summed E-state index contributed by atoms with van der Waals surface area (Å²) >= 11 is 1.27. The number of hydrogen-bond acceptors (Lipinski definition) is 5. The summed E-state index contributed by atoms with van der Waals surface area (Å²) in [5, 5.41) is 10.5. The Morgan fingerprint density at radius 2 is 2.11 bits per heavy atom. The number of rotatable bonds is 3. The number of carbonyl (C=O) groups excluding carboxylic acids is 1. The molecular formula is C12H9NO4S. The number of methoxy groups -OCH3 is 1. The van der Waals surface area contributed by atoms with Crippen molar-refractivity contribution in [3.8, 4) is 11.1 Å². The summed E-state index contributed by atoms with van der Waals surface area (Å²) < 4.78 is 4.61. The van der Waals surface area contributed by atoms with Gasteiger partial charge in [0.1, 0.15) is 10.6 Å². The Bertz CT molecular complexity index is 588. The van der Waals surface area contributed by atoms with Crippen LogP contribution >= 0.6 is 11.3 Å². The number of carbonyl (C=O) groups is 2. The lowest BCUT2D eigenvalue weighted by atomic mass is 10.1. The van der Waals surface area contributed by atoms with Crippen molar-refractivity contribution in [2.24, 2.45) is 0 Å². The quantitative estimate of drug-likeness (QED) is 0.860. The van der Waals surface area contributed by atoms with Gasteiger partial charge in [0.2, 0.25) is 0 Å². The van der Waals surface area contributed by atoms with E-state index in [1.165, 1.54) is 30.7 Å². The summed E-state index contributed by atoms with van der Waals surface area (Å²) in [6, 6.07) is 4.76. The molecule has 2 heterocycles. The number of carboxylic acids is 1. The third kappa shape index (κ3) is 2.38. The number of hydrogen-bond donors (Lipinski definition) is 1. The van der Waals surface area contributed by atoms with Gasteiger partial charge in [0.25, 0.3) is 0 Å². The molecule has 6 heteroatoms. The van der Waals surface area contributed by atoms with Crippen LogP contribution in [0.4, 0.5) is 0 Å². The maximum Gasteiger partial charge on any atom is 0.354 e.